The van der Waals surface area contributed by atoms with Gasteiger partial charge in [-0.25, -0.2) is 0 Å². The Balaban J connectivity index is 2.10. The van der Waals surface area contributed by atoms with E-state index in [-0.39, 0.29) is 5.54 Å². The van der Waals surface area contributed by atoms with Gasteiger partial charge >= 0.3 is 0 Å². The van der Waals surface area contributed by atoms with Crippen molar-refractivity contribution in [2.24, 2.45) is 0 Å². The van der Waals surface area contributed by atoms with Gasteiger partial charge in [0.1, 0.15) is 5.76 Å². The predicted octanol–water partition coefficient (Wildman–Crippen LogP) is 1.82. The number of allylic oxidation sites excluding steroid dienone is 1. The molecule has 0 saturated carbocycles. The second-order valence-electron chi connectivity index (χ2n) is 3.92. The Labute approximate surface area is 74.0 Å². The summed E-state index contributed by atoms with van der Waals surface area (Å²) in [6.45, 7) is 4.29. The lowest BCUT2D eigenvalue weighted by Crippen LogP contribution is -2.39. The van der Waals surface area contributed by atoms with E-state index in [0.29, 0.717) is 0 Å². The minimum atomic E-state index is 0.153. The van der Waals surface area contributed by atoms with Crippen LogP contribution >= 0.6 is 0 Å². The van der Waals surface area contributed by atoms with Gasteiger partial charge in [-0.3, -0.25) is 0 Å². The fourth-order valence-corrected chi connectivity index (χ4v) is 2.05. The summed E-state index contributed by atoms with van der Waals surface area (Å²) in [6, 6.07) is 0. The average molecular weight is 167 g/mol. The lowest BCUT2D eigenvalue weighted by Gasteiger charge is -2.29. The van der Waals surface area contributed by atoms with Gasteiger partial charge in [0.2, 0.25) is 0 Å². The van der Waals surface area contributed by atoms with Crippen molar-refractivity contribution >= 4 is 0 Å². The normalized spacial score (nSPS) is 35.9. The molecule has 2 heteroatoms. The van der Waals surface area contributed by atoms with E-state index in [1.165, 1.54) is 31.4 Å². The van der Waals surface area contributed by atoms with Crippen LogP contribution in [0, 0.1) is 0 Å². The first-order chi connectivity index (χ1) is 5.81. The third-order valence-corrected chi connectivity index (χ3v) is 2.85. The quantitative estimate of drug-likeness (QED) is 0.643. The summed E-state index contributed by atoms with van der Waals surface area (Å²) in [5.41, 5.74) is 0.153. The van der Waals surface area contributed by atoms with Crippen molar-refractivity contribution in [1.29, 1.82) is 0 Å². The van der Waals surface area contributed by atoms with Crippen LogP contribution in [0.1, 0.15) is 32.6 Å². The second-order valence-corrected chi connectivity index (χ2v) is 3.92. The largest absolute Gasteiger partial charge is 0.496 e. The molecule has 1 fully saturated rings. The zero-order chi connectivity index (χ0) is 8.44. The molecular weight excluding hydrogens is 150 g/mol. The maximum atomic E-state index is 5.66. The molecule has 2 aliphatic rings. The van der Waals surface area contributed by atoms with Gasteiger partial charge < -0.3 is 10.1 Å². The molecule has 2 heterocycles. The van der Waals surface area contributed by atoms with E-state index in [0.717, 1.165) is 13.2 Å². The molecule has 0 radical (unpaired) electrons. The molecule has 0 spiro atoms. The fourth-order valence-electron chi connectivity index (χ4n) is 2.05. The zero-order valence-electron chi connectivity index (χ0n) is 7.73. The average Bonchev–Trinajstić information content (AvgIpc) is 2.55. The van der Waals surface area contributed by atoms with Crippen LogP contribution in [0.3, 0.4) is 0 Å². The summed E-state index contributed by atoms with van der Waals surface area (Å²) >= 11 is 0. The highest BCUT2D eigenvalue weighted by Gasteiger charge is 2.34. The number of hydrogen-bond acceptors (Lipinski definition) is 2. The molecule has 2 nitrogen and oxygen atoms in total. The molecular formula is C10H17NO. The van der Waals surface area contributed by atoms with E-state index in [4.69, 9.17) is 4.74 Å². The number of rotatable bonds is 1. The van der Waals surface area contributed by atoms with E-state index in [1.807, 2.05) is 0 Å². The Kier molecular flexibility index (Phi) is 2.09. The lowest BCUT2D eigenvalue weighted by molar-refractivity contribution is 0.144. The van der Waals surface area contributed by atoms with Gasteiger partial charge in [0, 0.05) is 0 Å². The van der Waals surface area contributed by atoms with Crippen molar-refractivity contribution in [1.82, 2.24) is 5.32 Å². The van der Waals surface area contributed by atoms with Gasteiger partial charge in [0.25, 0.3) is 0 Å². The third kappa shape index (κ3) is 1.36. The summed E-state index contributed by atoms with van der Waals surface area (Å²) in [6.07, 6.45) is 7.12. The van der Waals surface area contributed by atoms with Crippen molar-refractivity contribution in [2.45, 2.75) is 38.1 Å². The molecule has 0 aromatic heterocycles. The van der Waals surface area contributed by atoms with Gasteiger partial charge in [-0.1, -0.05) is 0 Å². The monoisotopic (exact) mass is 167 g/mol. The minimum Gasteiger partial charge on any atom is -0.496 e. The summed E-state index contributed by atoms with van der Waals surface area (Å²) in [5, 5.41) is 3.51. The van der Waals surface area contributed by atoms with E-state index < -0.39 is 0 Å². The Morgan fingerprint density at radius 2 is 2.42 bits per heavy atom. The highest BCUT2D eigenvalue weighted by molar-refractivity contribution is 5.16. The van der Waals surface area contributed by atoms with Gasteiger partial charge in [-0.2, -0.15) is 0 Å². The predicted molar refractivity (Wildman–Crippen MR) is 48.9 cm³/mol. The van der Waals surface area contributed by atoms with E-state index in [9.17, 15) is 0 Å². The molecule has 12 heavy (non-hydrogen) atoms. The first-order valence-electron chi connectivity index (χ1n) is 4.90. The van der Waals surface area contributed by atoms with Crippen molar-refractivity contribution in [3.05, 3.63) is 11.8 Å². The summed E-state index contributed by atoms with van der Waals surface area (Å²) < 4.78 is 5.66. The van der Waals surface area contributed by atoms with Crippen LogP contribution in [-0.2, 0) is 4.74 Å². The first kappa shape index (κ1) is 8.11. The number of nitrogens with one attached hydrogen (secondary N) is 1. The van der Waals surface area contributed by atoms with E-state index >= 15 is 0 Å². The maximum absolute atomic E-state index is 5.66. The van der Waals surface area contributed by atoms with Crippen LogP contribution in [0.2, 0.25) is 0 Å². The fraction of sp³-hybridized carbons (Fsp3) is 0.800. The second kappa shape index (κ2) is 3.09. The topological polar surface area (TPSA) is 21.3 Å². The standard InChI is InChI=1S/C10H17NO/c1-10(6-4-7-11-10)9-5-2-3-8-12-9/h5,11H,2-4,6-8H2,1H3. The highest BCUT2D eigenvalue weighted by Crippen LogP contribution is 2.29. The van der Waals surface area contributed by atoms with Crippen LogP contribution in [0.15, 0.2) is 11.8 Å². The molecule has 0 amide bonds. The summed E-state index contributed by atoms with van der Waals surface area (Å²) in [7, 11) is 0. The van der Waals surface area contributed by atoms with Crippen molar-refractivity contribution in [2.75, 3.05) is 13.2 Å². The maximum Gasteiger partial charge on any atom is 0.112 e. The van der Waals surface area contributed by atoms with Crippen molar-refractivity contribution < 1.29 is 4.74 Å². The molecule has 68 valence electrons. The number of hydrogen-bond donors (Lipinski definition) is 1. The van der Waals surface area contributed by atoms with Crippen LogP contribution in [0.25, 0.3) is 0 Å². The zero-order valence-corrected chi connectivity index (χ0v) is 7.73. The molecule has 2 aliphatic heterocycles. The lowest BCUT2D eigenvalue weighted by atomic mass is 9.95. The molecule has 0 aliphatic carbocycles. The Bertz CT molecular complexity index is 192. The van der Waals surface area contributed by atoms with Gasteiger partial charge in [0.05, 0.1) is 12.1 Å². The van der Waals surface area contributed by atoms with Crippen LogP contribution in [0.4, 0.5) is 0 Å². The molecule has 1 saturated heterocycles. The molecule has 0 aromatic rings. The Morgan fingerprint density at radius 3 is 3.00 bits per heavy atom. The van der Waals surface area contributed by atoms with E-state index in [1.54, 1.807) is 0 Å². The molecule has 0 aromatic carbocycles. The summed E-state index contributed by atoms with van der Waals surface area (Å²) in [5.74, 6) is 1.19. The Hall–Kier alpha value is -0.500. The molecule has 1 atom stereocenters. The van der Waals surface area contributed by atoms with E-state index in [2.05, 4.69) is 18.3 Å². The third-order valence-electron chi connectivity index (χ3n) is 2.85. The number of ether oxygens (including phenoxy) is 1. The van der Waals surface area contributed by atoms with Gasteiger partial charge in [0.15, 0.2) is 0 Å². The van der Waals surface area contributed by atoms with Crippen LogP contribution < -0.4 is 5.32 Å². The van der Waals surface area contributed by atoms with Crippen molar-refractivity contribution in [3.63, 3.8) is 0 Å². The molecule has 1 N–H and O–H groups in total. The van der Waals surface area contributed by atoms with Crippen LogP contribution in [0.5, 0.6) is 0 Å². The van der Waals surface area contributed by atoms with Crippen LogP contribution in [-0.4, -0.2) is 18.7 Å². The first-order valence-corrected chi connectivity index (χ1v) is 4.90. The van der Waals surface area contributed by atoms with Gasteiger partial charge in [-0.15, -0.1) is 0 Å². The highest BCUT2D eigenvalue weighted by atomic mass is 16.5. The summed E-state index contributed by atoms with van der Waals surface area (Å²) in [4.78, 5) is 0. The Morgan fingerprint density at radius 1 is 1.50 bits per heavy atom. The molecule has 0 bridgehead atoms. The SMILES string of the molecule is CC1(C2=CCCCO2)CCCN1. The molecule has 1 unspecified atom stereocenters. The van der Waals surface area contributed by atoms with Gasteiger partial charge in [-0.05, 0) is 45.2 Å². The van der Waals surface area contributed by atoms with Crippen molar-refractivity contribution in [3.8, 4) is 0 Å². The minimum absolute atomic E-state index is 0.153. The molecule has 2 rings (SSSR count). The smallest absolute Gasteiger partial charge is 0.112 e.